The molecule has 0 aliphatic heterocycles. The summed E-state index contributed by atoms with van der Waals surface area (Å²) in [4.78, 5) is 15.0. The molecular weight excluding hydrogens is 306 g/mol. The third-order valence-corrected chi connectivity index (χ3v) is 4.83. The molecule has 2 heteroatoms. The number of fused-ring (bicyclic) bond motifs is 1. The monoisotopic (exact) mass is 331 g/mol. The predicted octanol–water partition coefficient (Wildman–Crippen LogP) is 5.55. The molecule has 2 nitrogen and oxygen atoms in total. The highest BCUT2D eigenvalue weighted by Crippen LogP contribution is 2.33. The van der Waals surface area contributed by atoms with Gasteiger partial charge in [-0.25, -0.2) is 0 Å². The minimum Gasteiger partial charge on any atom is -0.339 e. The van der Waals surface area contributed by atoms with Gasteiger partial charge in [0, 0.05) is 24.2 Å². The van der Waals surface area contributed by atoms with Crippen molar-refractivity contribution in [2.45, 2.75) is 27.2 Å². The fourth-order valence-corrected chi connectivity index (χ4v) is 3.39. The average Bonchev–Trinajstić information content (AvgIpc) is 2.68. The Morgan fingerprint density at radius 1 is 0.880 bits per heavy atom. The van der Waals surface area contributed by atoms with Crippen LogP contribution in [0.5, 0.6) is 0 Å². The topological polar surface area (TPSA) is 20.3 Å². The maximum atomic E-state index is 13.1. The molecule has 0 saturated carbocycles. The largest absolute Gasteiger partial charge is 0.339 e. The van der Waals surface area contributed by atoms with Crippen molar-refractivity contribution in [1.82, 2.24) is 4.90 Å². The molecule has 3 aromatic carbocycles. The summed E-state index contributed by atoms with van der Waals surface area (Å²) < 4.78 is 0. The summed E-state index contributed by atoms with van der Waals surface area (Å²) in [5.41, 5.74) is 4.24. The Morgan fingerprint density at radius 2 is 1.64 bits per heavy atom. The Kier molecular flexibility index (Phi) is 5.18. The van der Waals surface area contributed by atoms with Crippen molar-refractivity contribution in [3.05, 3.63) is 71.8 Å². The highest BCUT2D eigenvalue weighted by Gasteiger charge is 2.19. The summed E-state index contributed by atoms with van der Waals surface area (Å²) in [6.07, 6.45) is 0.984. The number of carbonyl (C=O) groups is 1. The van der Waals surface area contributed by atoms with Crippen molar-refractivity contribution in [3.8, 4) is 11.1 Å². The van der Waals surface area contributed by atoms with Crippen LogP contribution in [0.3, 0.4) is 0 Å². The van der Waals surface area contributed by atoms with Gasteiger partial charge in [-0.05, 0) is 48.2 Å². The average molecular weight is 331 g/mol. The summed E-state index contributed by atoms with van der Waals surface area (Å²) in [7, 11) is 0. The summed E-state index contributed by atoms with van der Waals surface area (Å²) in [5.74, 6) is 0.104. The van der Waals surface area contributed by atoms with Crippen LogP contribution in [0.1, 0.15) is 36.7 Å². The standard InChI is InChI=1S/C23H25NO/c1-4-17-10-9-12-19(16-17)22-20-13-8-7-11-18(20)14-15-21(22)23(25)24(5-2)6-3/h7-16H,4-6H2,1-3H3. The minimum absolute atomic E-state index is 0.104. The van der Waals surface area contributed by atoms with E-state index in [0.29, 0.717) is 0 Å². The fraction of sp³-hybridized carbons (Fsp3) is 0.261. The highest BCUT2D eigenvalue weighted by molar-refractivity contribution is 6.10. The Balaban J connectivity index is 2.29. The van der Waals surface area contributed by atoms with E-state index in [1.54, 1.807) is 0 Å². The molecule has 1 amide bonds. The van der Waals surface area contributed by atoms with Crippen LogP contribution in [-0.2, 0) is 6.42 Å². The molecule has 0 heterocycles. The number of hydrogen-bond acceptors (Lipinski definition) is 1. The van der Waals surface area contributed by atoms with Gasteiger partial charge >= 0.3 is 0 Å². The third kappa shape index (κ3) is 3.30. The van der Waals surface area contributed by atoms with Gasteiger partial charge in [0.05, 0.1) is 0 Å². The number of nitrogens with zero attached hydrogens (tertiary/aromatic N) is 1. The smallest absolute Gasteiger partial charge is 0.254 e. The first kappa shape index (κ1) is 17.2. The quantitative estimate of drug-likeness (QED) is 0.600. The van der Waals surface area contributed by atoms with Crippen LogP contribution in [0.2, 0.25) is 0 Å². The zero-order valence-corrected chi connectivity index (χ0v) is 15.3. The van der Waals surface area contributed by atoms with Gasteiger partial charge in [-0.3, -0.25) is 4.79 Å². The first-order valence-electron chi connectivity index (χ1n) is 9.09. The second-order valence-electron chi connectivity index (χ2n) is 6.24. The molecular formula is C23H25NO. The van der Waals surface area contributed by atoms with Crippen molar-refractivity contribution in [2.24, 2.45) is 0 Å². The van der Waals surface area contributed by atoms with E-state index < -0.39 is 0 Å². The molecule has 0 atom stereocenters. The van der Waals surface area contributed by atoms with Crippen LogP contribution in [0.25, 0.3) is 21.9 Å². The summed E-state index contributed by atoms with van der Waals surface area (Å²) in [6, 6.07) is 20.9. The molecule has 0 aliphatic carbocycles. The maximum Gasteiger partial charge on any atom is 0.254 e. The lowest BCUT2D eigenvalue weighted by Crippen LogP contribution is -2.30. The van der Waals surface area contributed by atoms with Crippen LogP contribution >= 0.6 is 0 Å². The van der Waals surface area contributed by atoms with E-state index in [1.807, 2.05) is 36.9 Å². The van der Waals surface area contributed by atoms with Crippen LogP contribution in [-0.4, -0.2) is 23.9 Å². The van der Waals surface area contributed by atoms with E-state index in [1.165, 1.54) is 5.56 Å². The second kappa shape index (κ2) is 7.52. The molecule has 0 aliphatic rings. The summed E-state index contributed by atoms with van der Waals surface area (Å²) in [6.45, 7) is 7.65. The lowest BCUT2D eigenvalue weighted by molar-refractivity contribution is 0.0774. The van der Waals surface area contributed by atoms with E-state index in [-0.39, 0.29) is 5.91 Å². The molecule has 0 bridgehead atoms. The van der Waals surface area contributed by atoms with Gasteiger partial charge in [0.15, 0.2) is 0 Å². The summed E-state index contributed by atoms with van der Waals surface area (Å²) in [5, 5.41) is 2.30. The number of benzene rings is 3. The lowest BCUT2D eigenvalue weighted by atomic mass is 9.91. The first-order chi connectivity index (χ1) is 12.2. The van der Waals surface area contributed by atoms with Crippen LogP contribution < -0.4 is 0 Å². The van der Waals surface area contributed by atoms with Crippen molar-refractivity contribution in [3.63, 3.8) is 0 Å². The molecule has 0 aromatic heterocycles. The molecule has 3 rings (SSSR count). The molecule has 0 fully saturated rings. The zero-order valence-electron chi connectivity index (χ0n) is 15.3. The van der Waals surface area contributed by atoms with Gasteiger partial charge < -0.3 is 4.90 Å². The van der Waals surface area contributed by atoms with Crippen molar-refractivity contribution in [2.75, 3.05) is 13.1 Å². The Labute approximate surface area is 150 Å². The van der Waals surface area contributed by atoms with Crippen LogP contribution in [0.4, 0.5) is 0 Å². The molecule has 0 unspecified atom stereocenters. The van der Waals surface area contributed by atoms with Crippen LogP contribution in [0.15, 0.2) is 60.7 Å². The number of hydrogen-bond donors (Lipinski definition) is 0. The fourth-order valence-electron chi connectivity index (χ4n) is 3.39. The normalized spacial score (nSPS) is 10.8. The van der Waals surface area contributed by atoms with Crippen molar-refractivity contribution in [1.29, 1.82) is 0 Å². The van der Waals surface area contributed by atoms with Crippen LogP contribution in [0, 0.1) is 0 Å². The molecule has 0 N–H and O–H groups in total. The molecule has 25 heavy (non-hydrogen) atoms. The van der Waals surface area contributed by atoms with Gasteiger partial charge in [-0.1, -0.05) is 61.5 Å². The second-order valence-corrected chi connectivity index (χ2v) is 6.24. The predicted molar refractivity (Wildman–Crippen MR) is 106 cm³/mol. The maximum absolute atomic E-state index is 13.1. The first-order valence-corrected chi connectivity index (χ1v) is 9.09. The van der Waals surface area contributed by atoms with Gasteiger partial charge in [-0.15, -0.1) is 0 Å². The molecule has 128 valence electrons. The van der Waals surface area contributed by atoms with Gasteiger partial charge in [-0.2, -0.15) is 0 Å². The van der Waals surface area contributed by atoms with Crippen molar-refractivity contribution < 1.29 is 4.79 Å². The number of carbonyl (C=O) groups excluding carboxylic acids is 1. The zero-order chi connectivity index (χ0) is 17.8. The highest BCUT2D eigenvalue weighted by atomic mass is 16.2. The molecule has 0 spiro atoms. The van der Waals surface area contributed by atoms with E-state index in [9.17, 15) is 4.79 Å². The molecule has 0 radical (unpaired) electrons. The van der Waals surface area contributed by atoms with E-state index in [0.717, 1.165) is 47.0 Å². The van der Waals surface area contributed by atoms with E-state index >= 15 is 0 Å². The van der Waals surface area contributed by atoms with Gasteiger partial charge in [0.25, 0.3) is 5.91 Å². The van der Waals surface area contributed by atoms with E-state index in [2.05, 4.69) is 49.4 Å². The summed E-state index contributed by atoms with van der Waals surface area (Å²) >= 11 is 0. The minimum atomic E-state index is 0.104. The van der Waals surface area contributed by atoms with Gasteiger partial charge in [0.1, 0.15) is 0 Å². The third-order valence-electron chi connectivity index (χ3n) is 4.83. The number of aryl methyl sites for hydroxylation is 1. The Bertz CT molecular complexity index is 893. The number of amides is 1. The molecule has 3 aromatic rings. The van der Waals surface area contributed by atoms with Crippen molar-refractivity contribution >= 4 is 16.7 Å². The lowest BCUT2D eigenvalue weighted by Gasteiger charge is -2.21. The SMILES string of the molecule is CCc1cccc(-c2c(C(=O)N(CC)CC)ccc3ccccc23)c1. The number of rotatable bonds is 5. The Morgan fingerprint density at radius 3 is 2.36 bits per heavy atom. The Hall–Kier alpha value is -2.61. The van der Waals surface area contributed by atoms with E-state index in [4.69, 9.17) is 0 Å². The molecule has 0 saturated heterocycles. The van der Waals surface area contributed by atoms with Gasteiger partial charge in [0.2, 0.25) is 0 Å².